The zero-order chi connectivity index (χ0) is 18.7. The number of rotatable bonds is 5. The minimum atomic E-state index is -3.03. The number of carbonyl (C=O) groups excluding carboxylic acids is 2. The number of alkyl halides is 2. The standard InChI is InChI=1S/C17H20F2N2O4/c1-9(2)21-10(3)13(15(22)24-4)14(20-17(21)23)11-7-5-6-8-12(11)25-16(18)19/h5-9,14,16H,1-4H3,(H,20,23)/t14-/m1/s1. The molecule has 1 atom stereocenters. The third-order valence-electron chi connectivity index (χ3n) is 3.89. The summed E-state index contributed by atoms with van der Waals surface area (Å²) in [4.78, 5) is 26.2. The second-order valence-electron chi connectivity index (χ2n) is 5.75. The SMILES string of the molecule is COC(=O)C1=C(C)N(C(C)C)C(=O)N[C@@H]1c1ccccc1OC(F)F. The van der Waals surface area contributed by atoms with Gasteiger partial charge in [0.2, 0.25) is 0 Å². The normalized spacial score (nSPS) is 17.8. The summed E-state index contributed by atoms with van der Waals surface area (Å²) in [6, 6.07) is 4.42. The van der Waals surface area contributed by atoms with Crippen molar-refractivity contribution in [1.29, 1.82) is 0 Å². The molecule has 0 aromatic heterocycles. The second-order valence-corrected chi connectivity index (χ2v) is 5.75. The quantitative estimate of drug-likeness (QED) is 0.825. The van der Waals surface area contributed by atoms with E-state index in [1.165, 1.54) is 30.2 Å². The van der Waals surface area contributed by atoms with Gasteiger partial charge in [0.05, 0.1) is 18.7 Å². The number of hydrogen-bond acceptors (Lipinski definition) is 4. The van der Waals surface area contributed by atoms with E-state index in [1.807, 2.05) is 0 Å². The number of benzene rings is 1. The smallest absolute Gasteiger partial charge is 0.387 e. The Kier molecular flexibility index (Phi) is 5.61. The molecule has 0 radical (unpaired) electrons. The number of nitrogens with zero attached hydrogens (tertiary/aromatic N) is 1. The maximum absolute atomic E-state index is 12.7. The third kappa shape index (κ3) is 3.72. The van der Waals surface area contributed by atoms with Crippen molar-refractivity contribution in [2.24, 2.45) is 0 Å². The highest BCUT2D eigenvalue weighted by Gasteiger charge is 2.38. The largest absolute Gasteiger partial charge is 0.466 e. The molecule has 0 spiro atoms. The maximum Gasteiger partial charge on any atom is 0.387 e. The van der Waals surface area contributed by atoms with Gasteiger partial charge in [-0.2, -0.15) is 8.78 Å². The average Bonchev–Trinajstić information content (AvgIpc) is 2.53. The number of hydrogen-bond donors (Lipinski definition) is 1. The maximum atomic E-state index is 12.7. The summed E-state index contributed by atoms with van der Waals surface area (Å²) < 4.78 is 34.7. The number of halogens is 2. The van der Waals surface area contributed by atoms with Gasteiger partial charge in [-0.25, -0.2) is 9.59 Å². The van der Waals surface area contributed by atoms with Crippen LogP contribution in [-0.4, -0.2) is 36.7 Å². The Bertz CT molecular complexity index is 704. The van der Waals surface area contributed by atoms with Gasteiger partial charge in [-0.1, -0.05) is 18.2 Å². The Hall–Kier alpha value is -2.64. The summed E-state index contributed by atoms with van der Waals surface area (Å²) in [7, 11) is 1.22. The van der Waals surface area contributed by atoms with E-state index in [-0.39, 0.29) is 22.9 Å². The number of carbonyl (C=O) groups is 2. The number of ether oxygens (including phenoxy) is 2. The van der Waals surface area contributed by atoms with Gasteiger partial charge in [0.15, 0.2) is 0 Å². The van der Waals surface area contributed by atoms with E-state index >= 15 is 0 Å². The van der Waals surface area contributed by atoms with Crippen molar-refractivity contribution in [2.75, 3.05) is 7.11 Å². The molecule has 8 heteroatoms. The van der Waals surface area contributed by atoms with Crippen LogP contribution in [0.3, 0.4) is 0 Å². The Balaban J connectivity index is 2.60. The summed E-state index contributed by atoms with van der Waals surface area (Å²) in [5.41, 5.74) is 0.822. The van der Waals surface area contributed by atoms with Crippen molar-refractivity contribution in [3.63, 3.8) is 0 Å². The Morgan fingerprint density at radius 3 is 2.48 bits per heavy atom. The fourth-order valence-corrected chi connectivity index (χ4v) is 2.91. The van der Waals surface area contributed by atoms with Crippen LogP contribution < -0.4 is 10.1 Å². The van der Waals surface area contributed by atoms with Crippen molar-refractivity contribution >= 4 is 12.0 Å². The Labute approximate surface area is 144 Å². The van der Waals surface area contributed by atoms with Crippen LogP contribution in [0.25, 0.3) is 0 Å². The van der Waals surface area contributed by atoms with Gasteiger partial charge in [-0.3, -0.25) is 4.90 Å². The molecule has 0 unspecified atom stereocenters. The molecule has 1 aliphatic rings. The van der Waals surface area contributed by atoms with Gasteiger partial charge in [0.25, 0.3) is 0 Å². The van der Waals surface area contributed by atoms with Crippen LogP contribution in [0.1, 0.15) is 32.4 Å². The highest BCUT2D eigenvalue weighted by Crippen LogP contribution is 2.36. The zero-order valence-electron chi connectivity index (χ0n) is 14.4. The third-order valence-corrected chi connectivity index (χ3v) is 3.89. The van der Waals surface area contributed by atoms with Gasteiger partial charge in [0, 0.05) is 17.3 Å². The van der Waals surface area contributed by atoms with Gasteiger partial charge >= 0.3 is 18.6 Å². The van der Waals surface area contributed by atoms with E-state index in [1.54, 1.807) is 26.8 Å². The van der Waals surface area contributed by atoms with Crippen molar-refractivity contribution in [3.8, 4) is 5.75 Å². The van der Waals surface area contributed by atoms with Crippen molar-refractivity contribution in [1.82, 2.24) is 10.2 Å². The molecule has 25 heavy (non-hydrogen) atoms. The molecule has 136 valence electrons. The highest BCUT2D eigenvalue weighted by atomic mass is 19.3. The second kappa shape index (κ2) is 7.50. The minimum Gasteiger partial charge on any atom is -0.466 e. The van der Waals surface area contributed by atoms with Crippen LogP contribution in [0, 0.1) is 0 Å². The molecule has 1 heterocycles. The molecule has 2 rings (SSSR count). The van der Waals surface area contributed by atoms with E-state index < -0.39 is 24.7 Å². The van der Waals surface area contributed by atoms with E-state index in [0.29, 0.717) is 5.70 Å². The van der Waals surface area contributed by atoms with E-state index in [9.17, 15) is 18.4 Å². The topological polar surface area (TPSA) is 67.9 Å². The number of esters is 1. The molecule has 0 bridgehead atoms. The molecule has 6 nitrogen and oxygen atoms in total. The fourth-order valence-electron chi connectivity index (χ4n) is 2.91. The van der Waals surface area contributed by atoms with E-state index in [4.69, 9.17) is 4.74 Å². The van der Waals surface area contributed by atoms with Crippen LogP contribution >= 0.6 is 0 Å². The predicted molar refractivity (Wildman–Crippen MR) is 86.0 cm³/mol. The first-order valence-corrected chi connectivity index (χ1v) is 7.70. The van der Waals surface area contributed by atoms with Gasteiger partial charge in [0.1, 0.15) is 5.75 Å². The lowest BCUT2D eigenvalue weighted by atomic mass is 9.93. The molecular formula is C17H20F2N2O4. The molecule has 1 aliphatic heterocycles. The Morgan fingerprint density at radius 1 is 1.28 bits per heavy atom. The van der Waals surface area contributed by atoms with Crippen molar-refractivity contribution in [2.45, 2.75) is 39.5 Å². The molecular weight excluding hydrogens is 334 g/mol. The van der Waals surface area contributed by atoms with Crippen molar-refractivity contribution < 1.29 is 27.8 Å². The molecule has 1 N–H and O–H groups in total. The predicted octanol–water partition coefficient (Wildman–Crippen LogP) is 3.21. The monoisotopic (exact) mass is 354 g/mol. The van der Waals surface area contributed by atoms with Gasteiger partial charge in [-0.15, -0.1) is 0 Å². The van der Waals surface area contributed by atoms with Crippen LogP contribution in [0.4, 0.5) is 13.6 Å². The zero-order valence-corrected chi connectivity index (χ0v) is 14.4. The lowest BCUT2D eigenvalue weighted by molar-refractivity contribution is -0.136. The first-order valence-electron chi connectivity index (χ1n) is 7.70. The highest BCUT2D eigenvalue weighted by molar-refractivity contribution is 5.95. The summed E-state index contributed by atoms with van der Waals surface area (Å²) in [6.45, 7) is 2.19. The lowest BCUT2D eigenvalue weighted by Crippen LogP contribution is -2.50. The average molecular weight is 354 g/mol. The van der Waals surface area contributed by atoms with Crippen molar-refractivity contribution in [3.05, 3.63) is 41.1 Å². The fraction of sp³-hybridized carbons (Fsp3) is 0.412. The first-order chi connectivity index (χ1) is 11.8. The molecule has 1 aromatic rings. The lowest BCUT2D eigenvalue weighted by Gasteiger charge is -2.37. The molecule has 1 aromatic carbocycles. The summed E-state index contributed by atoms with van der Waals surface area (Å²) in [5.74, 6) is -0.769. The summed E-state index contributed by atoms with van der Waals surface area (Å²) >= 11 is 0. The first kappa shape index (κ1) is 18.7. The van der Waals surface area contributed by atoms with Gasteiger partial charge < -0.3 is 14.8 Å². The summed E-state index contributed by atoms with van der Waals surface area (Å²) in [5, 5.41) is 2.68. The number of urea groups is 1. The van der Waals surface area contributed by atoms with Gasteiger partial charge in [-0.05, 0) is 26.8 Å². The molecule has 2 amide bonds. The molecule has 0 saturated heterocycles. The molecule has 0 saturated carbocycles. The van der Waals surface area contributed by atoms with Crippen LogP contribution in [0.5, 0.6) is 5.75 Å². The van der Waals surface area contributed by atoms with Crippen LogP contribution in [0.2, 0.25) is 0 Å². The molecule has 0 fully saturated rings. The van der Waals surface area contributed by atoms with E-state index in [0.717, 1.165) is 0 Å². The Morgan fingerprint density at radius 2 is 1.92 bits per heavy atom. The van der Waals surface area contributed by atoms with Crippen LogP contribution in [-0.2, 0) is 9.53 Å². The molecule has 0 aliphatic carbocycles. The number of methoxy groups -OCH3 is 1. The summed E-state index contributed by atoms with van der Waals surface area (Å²) in [6.07, 6.45) is 0. The number of amides is 2. The number of allylic oxidation sites excluding steroid dienone is 1. The number of para-hydroxylation sites is 1. The number of nitrogens with one attached hydrogen (secondary N) is 1. The van der Waals surface area contributed by atoms with E-state index in [2.05, 4.69) is 10.1 Å². The van der Waals surface area contributed by atoms with Crippen LogP contribution in [0.15, 0.2) is 35.5 Å². The minimum absolute atomic E-state index is 0.116.